The molecule has 0 aromatic rings. The van der Waals surface area contributed by atoms with E-state index < -0.39 is 5.54 Å². The Kier molecular flexibility index (Phi) is 3.49. The van der Waals surface area contributed by atoms with Gasteiger partial charge in [-0.2, -0.15) is 0 Å². The SMILES string of the molecule is NC(=O)C(CN1CCC2CCCCC21)(NC1CC1)C1CC1. The van der Waals surface area contributed by atoms with Crippen molar-refractivity contribution < 1.29 is 4.79 Å². The van der Waals surface area contributed by atoms with Gasteiger partial charge in [-0.1, -0.05) is 12.8 Å². The number of likely N-dealkylation sites (tertiary alicyclic amines) is 1. The highest BCUT2D eigenvalue weighted by Gasteiger charge is 2.54. The van der Waals surface area contributed by atoms with Gasteiger partial charge in [0, 0.05) is 18.6 Å². The molecule has 4 rings (SSSR count). The van der Waals surface area contributed by atoms with Gasteiger partial charge in [-0.25, -0.2) is 0 Å². The highest BCUT2D eigenvalue weighted by atomic mass is 16.1. The zero-order valence-corrected chi connectivity index (χ0v) is 13.0. The maximum absolute atomic E-state index is 12.3. The van der Waals surface area contributed by atoms with Crippen molar-refractivity contribution in [1.29, 1.82) is 0 Å². The van der Waals surface area contributed by atoms with Crippen LogP contribution in [0.25, 0.3) is 0 Å². The zero-order chi connectivity index (χ0) is 14.4. The van der Waals surface area contributed by atoms with Crippen molar-refractivity contribution in [3.63, 3.8) is 0 Å². The van der Waals surface area contributed by atoms with Gasteiger partial charge >= 0.3 is 0 Å². The van der Waals surface area contributed by atoms with Crippen LogP contribution in [-0.2, 0) is 4.79 Å². The van der Waals surface area contributed by atoms with E-state index in [1.165, 1.54) is 64.3 Å². The molecule has 118 valence electrons. The smallest absolute Gasteiger partial charge is 0.239 e. The van der Waals surface area contributed by atoms with Crippen LogP contribution in [0.3, 0.4) is 0 Å². The van der Waals surface area contributed by atoms with E-state index in [4.69, 9.17) is 5.73 Å². The molecule has 3 aliphatic carbocycles. The van der Waals surface area contributed by atoms with Gasteiger partial charge in [0.05, 0.1) is 0 Å². The molecular formula is C17H29N3O. The van der Waals surface area contributed by atoms with Crippen LogP contribution in [0, 0.1) is 11.8 Å². The van der Waals surface area contributed by atoms with Crippen LogP contribution in [0.2, 0.25) is 0 Å². The van der Waals surface area contributed by atoms with E-state index >= 15 is 0 Å². The lowest BCUT2D eigenvalue weighted by molar-refractivity contribution is -0.126. The van der Waals surface area contributed by atoms with Crippen LogP contribution in [0.4, 0.5) is 0 Å². The lowest BCUT2D eigenvalue weighted by Gasteiger charge is -2.40. The van der Waals surface area contributed by atoms with E-state index in [0.29, 0.717) is 12.0 Å². The van der Waals surface area contributed by atoms with Crippen LogP contribution < -0.4 is 11.1 Å². The number of amides is 1. The summed E-state index contributed by atoms with van der Waals surface area (Å²) in [6.07, 6.45) is 11.6. The number of nitrogens with zero attached hydrogens (tertiary/aromatic N) is 1. The standard InChI is InChI=1S/C17H29N3O/c18-16(21)17(13-5-6-13,19-14-7-8-14)11-20-10-9-12-3-1-2-4-15(12)20/h12-15,19H,1-11H2,(H2,18,21). The molecule has 4 nitrogen and oxygen atoms in total. The molecule has 1 amide bonds. The summed E-state index contributed by atoms with van der Waals surface area (Å²) in [6, 6.07) is 1.26. The summed E-state index contributed by atoms with van der Waals surface area (Å²) in [7, 11) is 0. The summed E-state index contributed by atoms with van der Waals surface area (Å²) in [6.45, 7) is 2.04. The second-order valence-corrected chi connectivity index (χ2v) is 7.90. The number of hydrogen-bond acceptors (Lipinski definition) is 3. The van der Waals surface area contributed by atoms with Gasteiger partial charge < -0.3 is 5.73 Å². The average Bonchev–Trinajstić information content (AvgIpc) is 3.37. The largest absolute Gasteiger partial charge is 0.368 e. The van der Waals surface area contributed by atoms with Crippen LogP contribution in [0.1, 0.15) is 57.8 Å². The third-order valence-electron chi connectivity index (χ3n) is 6.33. The Balaban J connectivity index is 1.52. The lowest BCUT2D eigenvalue weighted by Crippen LogP contribution is -2.64. The molecule has 0 aromatic carbocycles. The van der Waals surface area contributed by atoms with E-state index in [1.807, 2.05) is 0 Å². The Morgan fingerprint density at radius 3 is 2.52 bits per heavy atom. The molecule has 3 atom stereocenters. The maximum atomic E-state index is 12.3. The zero-order valence-electron chi connectivity index (χ0n) is 13.0. The van der Waals surface area contributed by atoms with Crippen LogP contribution in [-0.4, -0.2) is 41.5 Å². The predicted octanol–water partition coefficient (Wildman–Crippen LogP) is 1.64. The fraction of sp³-hybridized carbons (Fsp3) is 0.941. The third-order valence-corrected chi connectivity index (χ3v) is 6.33. The van der Waals surface area contributed by atoms with Crippen LogP contribution in [0.15, 0.2) is 0 Å². The first kappa shape index (κ1) is 14.0. The van der Waals surface area contributed by atoms with Gasteiger partial charge in [0.2, 0.25) is 5.91 Å². The molecule has 4 heteroatoms. The third kappa shape index (κ3) is 2.61. The number of nitrogens with one attached hydrogen (secondary N) is 1. The first-order valence-electron chi connectivity index (χ1n) is 9.01. The van der Waals surface area contributed by atoms with Crippen molar-refractivity contribution in [2.75, 3.05) is 13.1 Å². The summed E-state index contributed by atoms with van der Waals surface area (Å²) in [5.74, 6) is 1.26. The Hall–Kier alpha value is -0.610. The molecule has 4 fully saturated rings. The Bertz CT molecular complexity index is 418. The molecule has 3 N–H and O–H groups in total. The first-order valence-corrected chi connectivity index (χ1v) is 9.01. The normalized spacial score (nSPS) is 36.2. The van der Waals surface area contributed by atoms with E-state index in [2.05, 4.69) is 10.2 Å². The molecular weight excluding hydrogens is 262 g/mol. The molecule has 21 heavy (non-hydrogen) atoms. The number of hydrogen-bond donors (Lipinski definition) is 2. The molecule has 3 unspecified atom stereocenters. The minimum atomic E-state index is -0.437. The summed E-state index contributed by atoms with van der Waals surface area (Å²) in [5, 5.41) is 3.67. The fourth-order valence-corrected chi connectivity index (χ4v) is 4.83. The highest BCUT2D eigenvalue weighted by Crippen LogP contribution is 2.44. The second-order valence-electron chi connectivity index (χ2n) is 7.90. The Morgan fingerprint density at radius 2 is 1.86 bits per heavy atom. The van der Waals surface area contributed by atoms with Crippen molar-refractivity contribution in [1.82, 2.24) is 10.2 Å². The van der Waals surface area contributed by atoms with Gasteiger partial charge in [-0.3, -0.25) is 15.0 Å². The van der Waals surface area contributed by atoms with Gasteiger partial charge in [0.1, 0.15) is 5.54 Å². The highest BCUT2D eigenvalue weighted by molar-refractivity contribution is 5.86. The number of carbonyl (C=O) groups is 1. The molecule has 1 aliphatic heterocycles. The minimum Gasteiger partial charge on any atom is -0.368 e. The van der Waals surface area contributed by atoms with Gasteiger partial charge in [-0.15, -0.1) is 0 Å². The van der Waals surface area contributed by atoms with Gasteiger partial charge in [0.15, 0.2) is 0 Å². The molecule has 0 spiro atoms. The molecule has 0 radical (unpaired) electrons. The van der Waals surface area contributed by atoms with Gasteiger partial charge in [-0.05, 0) is 63.3 Å². The average molecular weight is 291 g/mol. The second kappa shape index (κ2) is 5.24. The van der Waals surface area contributed by atoms with Crippen molar-refractivity contribution in [3.8, 4) is 0 Å². The maximum Gasteiger partial charge on any atom is 0.239 e. The van der Waals surface area contributed by atoms with Crippen LogP contribution >= 0.6 is 0 Å². The number of rotatable bonds is 6. The van der Waals surface area contributed by atoms with E-state index in [9.17, 15) is 4.79 Å². The summed E-state index contributed by atoms with van der Waals surface area (Å²) < 4.78 is 0. The molecule has 4 aliphatic rings. The summed E-state index contributed by atoms with van der Waals surface area (Å²) in [5.41, 5.74) is 5.47. The number of fused-ring (bicyclic) bond motifs is 1. The molecule has 0 aromatic heterocycles. The monoisotopic (exact) mass is 291 g/mol. The number of carbonyl (C=O) groups excluding carboxylic acids is 1. The minimum absolute atomic E-state index is 0.101. The van der Waals surface area contributed by atoms with E-state index in [1.54, 1.807) is 0 Å². The quantitative estimate of drug-likeness (QED) is 0.782. The number of primary amides is 1. The Morgan fingerprint density at radius 1 is 1.10 bits per heavy atom. The topological polar surface area (TPSA) is 58.4 Å². The predicted molar refractivity (Wildman–Crippen MR) is 82.7 cm³/mol. The van der Waals surface area contributed by atoms with Crippen molar-refractivity contribution in [2.45, 2.75) is 75.4 Å². The Labute approximate surface area is 127 Å². The van der Waals surface area contributed by atoms with Crippen molar-refractivity contribution >= 4 is 5.91 Å². The van der Waals surface area contributed by atoms with Crippen LogP contribution in [0.5, 0.6) is 0 Å². The van der Waals surface area contributed by atoms with Gasteiger partial charge in [0.25, 0.3) is 0 Å². The molecule has 0 bridgehead atoms. The summed E-state index contributed by atoms with van der Waals surface area (Å²) in [4.78, 5) is 15.0. The number of nitrogens with two attached hydrogens (primary N) is 1. The molecule has 3 saturated carbocycles. The lowest BCUT2D eigenvalue weighted by atomic mass is 9.84. The molecule has 1 heterocycles. The first-order chi connectivity index (χ1) is 10.2. The van der Waals surface area contributed by atoms with E-state index in [-0.39, 0.29) is 5.91 Å². The van der Waals surface area contributed by atoms with Crippen molar-refractivity contribution in [2.24, 2.45) is 17.6 Å². The molecule has 1 saturated heterocycles. The van der Waals surface area contributed by atoms with E-state index in [0.717, 1.165) is 18.5 Å². The van der Waals surface area contributed by atoms with Crippen molar-refractivity contribution in [3.05, 3.63) is 0 Å². The fourth-order valence-electron chi connectivity index (χ4n) is 4.83. The summed E-state index contributed by atoms with van der Waals surface area (Å²) >= 11 is 0.